The molecule has 3 aromatic rings. The third kappa shape index (κ3) is 3.28. The van der Waals surface area contributed by atoms with E-state index in [1.807, 2.05) is 36.5 Å². The van der Waals surface area contributed by atoms with Crippen LogP contribution in [0, 0.1) is 0 Å². The maximum atomic E-state index is 5.85. The highest BCUT2D eigenvalue weighted by molar-refractivity contribution is 6.30. The Morgan fingerprint density at radius 2 is 1.92 bits per heavy atom. The lowest BCUT2D eigenvalue weighted by atomic mass is 10.2. The molecule has 0 spiro atoms. The number of halogens is 1. The highest BCUT2D eigenvalue weighted by Gasteiger charge is 2.13. The predicted molar refractivity (Wildman–Crippen MR) is 87.5 cm³/mol. The van der Waals surface area contributed by atoms with E-state index < -0.39 is 0 Å². The molecule has 0 radical (unpaired) electrons. The van der Waals surface area contributed by atoms with Gasteiger partial charge in [-0.3, -0.25) is 0 Å². The molecule has 4 rings (SSSR count). The molecule has 2 heterocycles. The fourth-order valence-electron chi connectivity index (χ4n) is 2.40. The van der Waals surface area contributed by atoms with Crippen molar-refractivity contribution in [1.82, 2.24) is 15.0 Å². The van der Waals surface area contributed by atoms with E-state index >= 15 is 0 Å². The normalized spacial score (nSPS) is 12.4. The van der Waals surface area contributed by atoms with Gasteiger partial charge in [0.05, 0.1) is 12.7 Å². The van der Waals surface area contributed by atoms with E-state index in [0.717, 1.165) is 28.5 Å². The Hall–Kier alpha value is -2.73. The van der Waals surface area contributed by atoms with Gasteiger partial charge < -0.3 is 14.2 Å². The molecule has 0 saturated carbocycles. The Morgan fingerprint density at radius 1 is 1.08 bits per heavy atom. The minimum absolute atomic E-state index is 0.272. The average Bonchev–Trinajstić information content (AvgIpc) is 3.23. The summed E-state index contributed by atoms with van der Waals surface area (Å²) >= 11 is 5.85. The summed E-state index contributed by atoms with van der Waals surface area (Å²) in [5.74, 6) is 2.28. The molecule has 0 saturated heterocycles. The van der Waals surface area contributed by atoms with Gasteiger partial charge in [-0.15, -0.1) is 5.10 Å². The average molecular weight is 344 g/mol. The van der Waals surface area contributed by atoms with Gasteiger partial charge in [-0.05, 0) is 42.0 Å². The van der Waals surface area contributed by atoms with Gasteiger partial charge in [0, 0.05) is 5.02 Å². The van der Waals surface area contributed by atoms with Crippen LogP contribution in [-0.4, -0.2) is 21.8 Å². The van der Waals surface area contributed by atoms with Crippen molar-refractivity contribution >= 4 is 11.6 Å². The molecule has 6 nitrogen and oxygen atoms in total. The minimum atomic E-state index is 0.272. The zero-order valence-electron chi connectivity index (χ0n) is 12.7. The van der Waals surface area contributed by atoms with Crippen LogP contribution >= 0.6 is 11.6 Å². The molecular formula is C17H14ClN3O3. The maximum absolute atomic E-state index is 5.85. The molecule has 1 aliphatic rings. The molecule has 0 fully saturated rings. The van der Waals surface area contributed by atoms with Crippen LogP contribution in [0.1, 0.15) is 11.3 Å². The van der Waals surface area contributed by atoms with E-state index in [4.69, 9.17) is 25.8 Å². The molecule has 0 N–H and O–H groups in total. The van der Waals surface area contributed by atoms with Gasteiger partial charge in [-0.2, -0.15) is 0 Å². The number of hydrogen-bond donors (Lipinski definition) is 0. The molecule has 0 unspecified atom stereocenters. The van der Waals surface area contributed by atoms with Crippen LogP contribution in [0.25, 0.3) is 0 Å². The van der Waals surface area contributed by atoms with E-state index in [-0.39, 0.29) is 6.79 Å². The monoisotopic (exact) mass is 343 g/mol. The quantitative estimate of drug-likeness (QED) is 0.711. The summed E-state index contributed by atoms with van der Waals surface area (Å²) < 4.78 is 18.1. The third-order valence-electron chi connectivity index (χ3n) is 3.57. The topological polar surface area (TPSA) is 58.4 Å². The first-order valence-corrected chi connectivity index (χ1v) is 7.80. The van der Waals surface area contributed by atoms with Crippen molar-refractivity contribution in [3.8, 4) is 17.2 Å². The van der Waals surface area contributed by atoms with E-state index in [9.17, 15) is 0 Å². The molecule has 1 aliphatic heterocycles. The molecule has 7 heteroatoms. The molecule has 0 atom stereocenters. The van der Waals surface area contributed by atoms with Crippen molar-refractivity contribution in [2.45, 2.75) is 13.2 Å². The fraction of sp³-hybridized carbons (Fsp3) is 0.176. The molecule has 2 aromatic carbocycles. The number of hydrogen-bond acceptors (Lipinski definition) is 5. The van der Waals surface area contributed by atoms with Crippen LogP contribution < -0.4 is 14.2 Å². The standard InChI is InChI=1S/C17H14ClN3O3/c18-13-2-4-15(5-3-13)22-10-14-9-21(20-19-14)8-12-1-6-16-17(7-12)24-11-23-16/h1-7,9H,8,10-11H2. The van der Waals surface area contributed by atoms with Crippen molar-refractivity contribution in [3.05, 3.63) is 64.9 Å². The lowest BCUT2D eigenvalue weighted by molar-refractivity contribution is 0.174. The second-order valence-corrected chi connectivity index (χ2v) is 5.77. The molecule has 24 heavy (non-hydrogen) atoms. The van der Waals surface area contributed by atoms with E-state index in [1.54, 1.807) is 16.8 Å². The Kier molecular flexibility index (Phi) is 3.96. The van der Waals surface area contributed by atoms with Crippen LogP contribution in [0.2, 0.25) is 5.02 Å². The number of aromatic nitrogens is 3. The van der Waals surface area contributed by atoms with E-state index in [0.29, 0.717) is 18.2 Å². The first-order valence-electron chi connectivity index (χ1n) is 7.42. The first kappa shape index (κ1) is 14.8. The van der Waals surface area contributed by atoms with Crippen LogP contribution in [0.15, 0.2) is 48.7 Å². The van der Waals surface area contributed by atoms with Crippen molar-refractivity contribution in [3.63, 3.8) is 0 Å². The summed E-state index contributed by atoms with van der Waals surface area (Å²) in [7, 11) is 0. The number of fused-ring (bicyclic) bond motifs is 1. The van der Waals surface area contributed by atoms with Gasteiger partial charge in [0.1, 0.15) is 18.1 Å². The molecule has 0 amide bonds. The number of benzene rings is 2. The van der Waals surface area contributed by atoms with Crippen molar-refractivity contribution < 1.29 is 14.2 Å². The largest absolute Gasteiger partial charge is 0.487 e. The second-order valence-electron chi connectivity index (χ2n) is 5.34. The van der Waals surface area contributed by atoms with Crippen LogP contribution in [0.4, 0.5) is 0 Å². The second kappa shape index (κ2) is 6.41. The Morgan fingerprint density at radius 3 is 2.79 bits per heavy atom. The predicted octanol–water partition coefficient (Wildman–Crippen LogP) is 3.29. The number of nitrogens with zero attached hydrogens (tertiary/aromatic N) is 3. The van der Waals surface area contributed by atoms with Gasteiger partial charge in [0.15, 0.2) is 11.5 Å². The lowest BCUT2D eigenvalue weighted by Crippen LogP contribution is -2.00. The Balaban J connectivity index is 1.38. The molecule has 0 bridgehead atoms. The zero-order chi connectivity index (χ0) is 16.4. The van der Waals surface area contributed by atoms with Crippen molar-refractivity contribution in [2.75, 3.05) is 6.79 Å². The Labute approximate surface area is 143 Å². The van der Waals surface area contributed by atoms with E-state index in [1.165, 1.54) is 0 Å². The summed E-state index contributed by atoms with van der Waals surface area (Å²) in [6.07, 6.45) is 1.86. The maximum Gasteiger partial charge on any atom is 0.231 e. The van der Waals surface area contributed by atoms with Gasteiger partial charge in [0.25, 0.3) is 0 Å². The summed E-state index contributed by atoms with van der Waals surface area (Å²) in [5.41, 5.74) is 1.82. The SMILES string of the molecule is Clc1ccc(OCc2cn(Cc3ccc4c(c3)OCO4)nn2)cc1. The molecule has 0 aliphatic carbocycles. The van der Waals surface area contributed by atoms with E-state index in [2.05, 4.69) is 10.3 Å². The summed E-state index contributed by atoms with van der Waals surface area (Å²) in [6.45, 7) is 1.22. The van der Waals surface area contributed by atoms with Gasteiger partial charge in [-0.1, -0.05) is 22.9 Å². The third-order valence-corrected chi connectivity index (χ3v) is 3.82. The van der Waals surface area contributed by atoms with Crippen LogP contribution in [0.5, 0.6) is 17.2 Å². The highest BCUT2D eigenvalue weighted by Crippen LogP contribution is 2.32. The first-order chi connectivity index (χ1) is 11.8. The summed E-state index contributed by atoms with van der Waals surface area (Å²) in [5, 5.41) is 8.93. The molecular weight excluding hydrogens is 330 g/mol. The van der Waals surface area contributed by atoms with Gasteiger partial charge >= 0.3 is 0 Å². The fourth-order valence-corrected chi connectivity index (χ4v) is 2.52. The smallest absolute Gasteiger partial charge is 0.231 e. The number of rotatable bonds is 5. The minimum Gasteiger partial charge on any atom is -0.487 e. The van der Waals surface area contributed by atoms with Crippen molar-refractivity contribution in [2.24, 2.45) is 0 Å². The van der Waals surface area contributed by atoms with Crippen LogP contribution in [0.3, 0.4) is 0 Å². The van der Waals surface area contributed by atoms with Crippen LogP contribution in [-0.2, 0) is 13.2 Å². The Bertz CT molecular complexity index is 849. The van der Waals surface area contributed by atoms with Gasteiger partial charge in [-0.25, -0.2) is 4.68 Å². The molecule has 1 aromatic heterocycles. The highest BCUT2D eigenvalue weighted by atomic mass is 35.5. The summed E-state index contributed by atoms with van der Waals surface area (Å²) in [6, 6.07) is 13.0. The zero-order valence-corrected chi connectivity index (χ0v) is 13.4. The summed E-state index contributed by atoms with van der Waals surface area (Å²) in [4.78, 5) is 0. The molecule has 122 valence electrons. The lowest BCUT2D eigenvalue weighted by Gasteiger charge is -2.03. The number of ether oxygens (including phenoxy) is 3. The van der Waals surface area contributed by atoms with Crippen molar-refractivity contribution in [1.29, 1.82) is 0 Å². The van der Waals surface area contributed by atoms with Gasteiger partial charge in [0.2, 0.25) is 6.79 Å².